The number of benzene rings is 2. The van der Waals surface area contributed by atoms with E-state index in [9.17, 15) is 0 Å². The number of thioether (sulfide) groups is 1. The van der Waals surface area contributed by atoms with Gasteiger partial charge < -0.3 is 5.73 Å². The van der Waals surface area contributed by atoms with Crippen LogP contribution in [0.5, 0.6) is 0 Å². The highest BCUT2D eigenvalue weighted by Gasteiger charge is 2.33. The molecule has 2 aliphatic rings. The molecule has 0 fully saturated rings. The third-order valence-corrected chi connectivity index (χ3v) is 5.78. The Kier molecular flexibility index (Phi) is 5.07. The molecule has 0 radical (unpaired) electrons. The molecule has 0 spiro atoms. The number of hydrogen-bond acceptors (Lipinski definition) is 2. The van der Waals surface area contributed by atoms with Crippen molar-refractivity contribution in [3.8, 4) is 0 Å². The SMILES string of the molecule is N/C(=N\C(=C/Sc1ccccc1)c1ccccc1)C1=CC2C=CCC[C@@H]12. The van der Waals surface area contributed by atoms with Gasteiger partial charge in [0, 0.05) is 21.8 Å². The van der Waals surface area contributed by atoms with Crippen molar-refractivity contribution in [2.24, 2.45) is 22.6 Å². The predicted octanol–water partition coefficient (Wildman–Crippen LogP) is 5.66. The lowest BCUT2D eigenvalue weighted by Crippen LogP contribution is -2.33. The average Bonchev–Trinajstić information content (AvgIpc) is 2.67. The van der Waals surface area contributed by atoms with Gasteiger partial charge in [-0.15, -0.1) is 0 Å². The van der Waals surface area contributed by atoms with Gasteiger partial charge in [-0.1, -0.05) is 78.5 Å². The first-order chi connectivity index (χ1) is 12.8. The molecular weight excluding hydrogens is 336 g/mol. The zero-order valence-electron chi connectivity index (χ0n) is 14.6. The summed E-state index contributed by atoms with van der Waals surface area (Å²) >= 11 is 1.67. The standard InChI is InChI=1S/C23H22N2S/c24-23(21-15-18-11-7-8-14-20(18)21)25-22(17-9-3-1-4-10-17)16-26-19-12-5-2-6-13-19/h1-7,9-13,15-16,18,20H,8,14H2,(H2,24,25)/b22-16-/t18?,20-/m1/s1. The van der Waals surface area contributed by atoms with E-state index in [2.05, 4.69) is 47.9 Å². The molecule has 2 atom stereocenters. The maximum Gasteiger partial charge on any atom is 0.127 e. The second-order valence-electron chi connectivity index (χ2n) is 6.61. The molecule has 2 nitrogen and oxygen atoms in total. The van der Waals surface area contributed by atoms with Gasteiger partial charge in [-0.2, -0.15) is 0 Å². The number of amidine groups is 1. The monoisotopic (exact) mass is 358 g/mol. The van der Waals surface area contributed by atoms with Crippen molar-refractivity contribution in [3.05, 3.63) is 95.4 Å². The van der Waals surface area contributed by atoms with Crippen LogP contribution in [0.2, 0.25) is 0 Å². The van der Waals surface area contributed by atoms with Crippen LogP contribution in [0.15, 0.2) is 99.8 Å². The van der Waals surface area contributed by atoms with Gasteiger partial charge in [-0.3, -0.25) is 0 Å². The molecule has 0 saturated heterocycles. The molecule has 0 amide bonds. The highest BCUT2D eigenvalue weighted by Crippen LogP contribution is 2.41. The van der Waals surface area contributed by atoms with Gasteiger partial charge in [0.05, 0.1) is 5.70 Å². The summed E-state index contributed by atoms with van der Waals surface area (Å²) in [5.41, 5.74) is 9.61. The minimum absolute atomic E-state index is 0.544. The molecule has 0 aliphatic heterocycles. The maximum atomic E-state index is 6.40. The quantitative estimate of drug-likeness (QED) is 0.324. The van der Waals surface area contributed by atoms with E-state index in [0.29, 0.717) is 17.7 Å². The van der Waals surface area contributed by atoms with Gasteiger partial charge >= 0.3 is 0 Å². The summed E-state index contributed by atoms with van der Waals surface area (Å²) in [6.45, 7) is 0. The Morgan fingerprint density at radius 3 is 2.50 bits per heavy atom. The van der Waals surface area contributed by atoms with Gasteiger partial charge in [0.1, 0.15) is 5.84 Å². The van der Waals surface area contributed by atoms with E-state index < -0.39 is 0 Å². The molecule has 0 aromatic heterocycles. The normalized spacial score (nSPS) is 22.4. The molecule has 0 bridgehead atoms. The molecule has 2 aromatic carbocycles. The fraction of sp³-hybridized carbons (Fsp3) is 0.174. The Bertz CT molecular complexity index is 879. The van der Waals surface area contributed by atoms with Crippen LogP contribution in [0.25, 0.3) is 5.70 Å². The molecule has 4 rings (SSSR count). The Labute approximate surface area is 159 Å². The number of hydrogen-bond donors (Lipinski definition) is 1. The molecule has 3 heteroatoms. The van der Waals surface area contributed by atoms with Crippen molar-refractivity contribution >= 4 is 23.3 Å². The lowest BCUT2D eigenvalue weighted by Gasteiger charge is -2.36. The Morgan fingerprint density at radius 1 is 1.04 bits per heavy atom. The van der Waals surface area contributed by atoms with Crippen molar-refractivity contribution in [1.82, 2.24) is 0 Å². The molecule has 1 unspecified atom stereocenters. The zero-order chi connectivity index (χ0) is 17.8. The largest absolute Gasteiger partial charge is 0.383 e. The van der Waals surface area contributed by atoms with Gasteiger partial charge in [0.15, 0.2) is 0 Å². The second kappa shape index (κ2) is 7.79. The molecular formula is C23H22N2S. The van der Waals surface area contributed by atoms with E-state index in [1.54, 1.807) is 11.8 Å². The summed E-state index contributed by atoms with van der Waals surface area (Å²) in [6.07, 6.45) is 9.13. The Morgan fingerprint density at radius 2 is 1.77 bits per heavy atom. The molecule has 0 heterocycles. The Balaban J connectivity index is 1.62. The van der Waals surface area contributed by atoms with Crippen molar-refractivity contribution < 1.29 is 0 Å². The minimum atomic E-state index is 0.544. The third-order valence-electron chi connectivity index (χ3n) is 4.89. The Hall–Kier alpha value is -2.52. The second-order valence-corrected chi connectivity index (χ2v) is 7.55. The van der Waals surface area contributed by atoms with Crippen LogP contribution in [0, 0.1) is 11.8 Å². The molecule has 2 aromatic rings. The lowest BCUT2D eigenvalue weighted by atomic mass is 9.69. The molecule has 0 saturated carbocycles. The number of aliphatic imine (C=N–C) groups is 1. The number of fused-ring (bicyclic) bond motifs is 1. The van der Waals surface area contributed by atoms with E-state index in [0.717, 1.165) is 17.7 Å². The van der Waals surface area contributed by atoms with Gasteiger partial charge in [-0.25, -0.2) is 4.99 Å². The number of nitrogens with zero attached hydrogens (tertiary/aromatic N) is 1. The van der Waals surface area contributed by atoms with Crippen LogP contribution in [-0.4, -0.2) is 5.84 Å². The van der Waals surface area contributed by atoms with Crippen LogP contribution in [0.3, 0.4) is 0 Å². The van der Waals surface area contributed by atoms with E-state index in [4.69, 9.17) is 10.7 Å². The van der Waals surface area contributed by atoms with Crippen LogP contribution in [0.4, 0.5) is 0 Å². The molecule has 2 aliphatic carbocycles. The number of allylic oxidation sites excluding steroid dienone is 3. The van der Waals surface area contributed by atoms with Crippen molar-refractivity contribution in [1.29, 1.82) is 0 Å². The number of rotatable bonds is 5. The third kappa shape index (κ3) is 3.68. The zero-order valence-corrected chi connectivity index (χ0v) is 15.4. The van der Waals surface area contributed by atoms with Crippen molar-refractivity contribution in [2.75, 3.05) is 0 Å². The lowest BCUT2D eigenvalue weighted by molar-refractivity contribution is 0.433. The first-order valence-corrected chi connectivity index (χ1v) is 9.89. The summed E-state index contributed by atoms with van der Waals surface area (Å²) in [6, 6.07) is 20.6. The van der Waals surface area contributed by atoms with Gasteiger partial charge in [0.2, 0.25) is 0 Å². The topological polar surface area (TPSA) is 38.4 Å². The van der Waals surface area contributed by atoms with Crippen LogP contribution >= 0.6 is 11.8 Å². The first kappa shape index (κ1) is 16.9. The van der Waals surface area contributed by atoms with Crippen molar-refractivity contribution in [2.45, 2.75) is 17.7 Å². The number of nitrogens with two attached hydrogens (primary N) is 1. The van der Waals surface area contributed by atoms with Crippen molar-refractivity contribution in [3.63, 3.8) is 0 Å². The molecule has 2 N–H and O–H groups in total. The molecule has 26 heavy (non-hydrogen) atoms. The highest BCUT2D eigenvalue weighted by atomic mass is 32.2. The predicted molar refractivity (Wildman–Crippen MR) is 112 cm³/mol. The summed E-state index contributed by atoms with van der Waals surface area (Å²) in [5, 5.41) is 2.09. The fourth-order valence-electron chi connectivity index (χ4n) is 3.46. The summed E-state index contributed by atoms with van der Waals surface area (Å²) < 4.78 is 0. The van der Waals surface area contributed by atoms with Crippen LogP contribution in [-0.2, 0) is 0 Å². The summed E-state index contributed by atoms with van der Waals surface area (Å²) in [7, 11) is 0. The van der Waals surface area contributed by atoms with Crippen LogP contribution < -0.4 is 5.73 Å². The van der Waals surface area contributed by atoms with E-state index >= 15 is 0 Å². The van der Waals surface area contributed by atoms with E-state index in [1.807, 2.05) is 36.4 Å². The maximum absolute atomic E-state index is 6.40. The minimum Gasteiger partial charge on any atom is -0.383 e. The molecule has 130 valence electrons. The first-order valence-electron chi connectivity index (χ1n) is 9.01. The highest BCUT2D eigenvalue weighted by molar-refractivity contribution is 8.02. The van der Waals surface area contributed by atoms with Crippen LogP contribution in [0.1, 0.15) is 18.4 Å². The smallest absolute Gasteiger partial charge is 0.127 e. The van der Waals surface area contributed by atoms with E-state index in [-0.39, 0.29) is 0 Å². The summed E-state index contributed by atoms with van der Waals surface area (Å²) in [4.78, 5) is 6.01. The van der Waals surface area contributed by atoms with Gasteiger partial charge in [0.25, 0.3) is 0 Å². The summed E-state index contributed by atoms with van der Waals surface area (Å²) in [5.74, 6) is 1.75. The van der Waals surface area contributed by atoms with Gasteiger partial charge in [-0.05, 0) is 36.5 Å². The van der Waals surface area contributed by atoms with E-state index in [1.165, 1.54) is 16.9 Å². The average molecular weight is 359 g/mol. The fourth-order valence-corrected chi connectivity index (χ4v) is 4.21.